The first-order valence-corrected chi connectivity index (χ1v) is 14.2. The van der Waals surface area contributed by atoms with E-state index in [1.807, 2.05) is 18.2 Å². The molecule has 0 spiro atoms. The summed E-state index contributed by atoms with van der Waals surface area (Å²) in [5, 5.41) is 4.36. The molecule has 10 nitrogen and oxygen atoms in total. The molecule has 0 saturated heterocycles. The first-order valence-electron chi connectivity index (χ1n) is 12.0. The minimum atomic E-state index is -3.89. The summed E-state index contributed by atoms with van der Waals surface area (Å²) in [6.07, 6.45) is 4.06. The van der Waals surface area contributed by atoms with E-state index in [2.05, 4.69) is 15.1 Å². The van der Waals surface area contributed by atoms with Gasteiger partial charge < -0.3 is 5.73 Å². The number of nitrogens with zero attached hydrogens (tertiary/aromatic N) is 6. The summed E-state index contributed by atoms with van der Waals surface area (Å²) in [6, 6.07) is 22.8. The van der Waals surface area contributed by atoms with E-state index in [1.165, 1.54) is 15.4 Å². The van der Waals surface area contributed by atoms with Crippen molar-refractivity contribution in [1.82, 2.24) is 29.3 Å². The Labute approximate surface area is 233 Å². The predicted molar refractivity (Wildman–Crippen MR) is 153 cm³/mol. The molecule has 198 valence electrons. The second kappa shape index (κ2) is 9.70. The molecule has 0 fully saturated rings. The van der Waals surface area contributed by atoms with Gasteiger partial charge in [-0.25, -0.2) is 23.1 Å². The van der Waals surface area contributed by atoms with Crippen LogP contribution in [-0.2, 0) is 9.84 Å². The highest BCUT2D eigenvalue weighted by atomic mass is 35.5. The van der Waals surface area contributed by atoms with Crippen LogP contribution in [-0.4, -0.2) is 44.0 Å². The van der Waals surface area contributed by atoms with Crippen molar-refractivity contribution in [2.45, 2.75) is 5.03 Å². The average molecular weight is 570 g/mol. The molecule has 3 aromatic heterocycles. The second-order valence-corrected chi connectivity index (χ2v) is 11.3. The summed E-state index contributed by atoms with van der Waals surface area (Å²) in [5.41, 5.74) is 8.22. The van der Waals surface area contributed by atoms with Crippen LogP contribution in [0, 0.1) is 0 Å². The van der Waals surface area contributed by atoms with Gasteiger partial charge in [0.15, 0.2) is 20.5 Å². The largest absolute Gasteiger partial charge is 0.382 e. The van der Waals surface area contributed by atoms with Crippen LogP contribution < -0.4 is 11.3 Å². The number of nitrogens with two attached hydrogens (primary N) is 1. The maximum absolute atomic E-state index is 14.2. The number of benzene rings is 3. The minimum Gasteiger partial charge on any atom is -0.382 e. The van der Waals surface area contributed by atoms with Crippen LogP contribution in [0.15, 0.2) is 101 Å². The molecule has 3 heterocycles. The zero-order valence-electron chi connectivity index (χ0n) is 20.9. The number of fused-ring (bicyclic) bond motifs is 1. The van der Waals surface area contributed by atoms with E-state index >= 15 is 0 Å². The SMILES string of the molecule is CS(=O)(=O)c1nn(-c2ccccc2)c2nc(-c3ccc(-c4cnc(N)cn4)cc3)n(-c3ccc(Cl)cc3)c(=O)c12. The van der Waals surface area contributed by atoms with E-state index in [4.69, 9.17) is 22.3 Å². The van der Waals surface area contributed by atoms with Gasteiger partial charge in [0.05, 0.1) is 29.5 Å². The molecule has 0 aliphatic carbocycles. The van der Waals surface area contributed by atoms with Crippen LogP contribution in [0.3, 0.4) is 0 Å². The summed E-state index contributed by atoms with van der Waals surface area (Å²) >= 11 is 6.12. The van der Waals surface area contributed by atoms with Gasteiger partial charge in [-0.2, -0.15) is 5.10 Å². The van der Waals surface area contributed by atoms with Gasteiger partial charge in [0, 0.05) is 22.4 Å². The Hall–Kier alpha value is -4.87. The Morgan fingerprint density at radius 3 is 2.12 bits per heavy atom. The average Bonchev–Trinajstić information content (AvgIpc) is 3.36. The standard InChI is InChI=1S/C28H20ClN7O3S/c1-40(38,39)27-24-26(36(34-27)21-5-3-2-4-6-21)33-25(35(28(24)37)20-13-11-19(29)12-14-20)18-9-7-17(8-10-18)22-15-32-23(30)16-31-22/h2-16H,1H3,(H2,30,32). The molecule has 0 radical (unpaired) electrons. The number of halogens is 1. The number of para-hydroxylation sites is 1. The van der Waals surface area contributed by atoms with Crippen molar-refractivity contribution >= 4 is 38.3 Å². The first-order chi connectivity index (χ1) is 19.2. The molecule has 0 atom stereocenters. The van der Waals surface area contributed by atoms with Crippen LogP contribution in [0.1, 0.15) is 0 Å². The van der Waals surface area contributed by atoms with Crippen molar-refractivity contribution in [1.29, 1.82) is 0 Å². The lowest BCUT2D eigenvalue weighted by Crippen LogP contribution is -2.23. The Kier molecular flexibility index (Phi) is 6.16. The molecule has 2 N–H and O–H groups in total. The van der Waals surface area contributed by atoms with Crippen LogP contribution in [0.2, 0.25) is 5.02 Å². The second-order valence-electron chi connectivity index (χ2n) is 8.98. The van der Waals surface area contributed by atoms with Gasteiger partial charge in [0.25, 0.3) is 5.56 Å². The maximum atomic E-state index is 14.2. The lowest BCUT2D eigenvalue weighted by molar-refractivity contribution is 0.597. The van der Waals surface area contributed by atoms with Crippen LogP contribution in [0.25, 0.3) is 45.1 Å². The van der Waals surface area contributed by atoms with E-state index in [0.717, 1.165) is 11.8 Å². The molecule has 6 aromatic rings. The van der Waals surface area contributed by atoms with Gasteiger partial charge in [-0.1, -0.05) is 54.1 Å². The van der Waals surface area contributed by atoms with E-state index in [-0.39, 0.29) is 21.9 Å². The number of rotatable bonds is 5. The fourth-order valence-electron chi connectivity index (χ4n) is 4.35. The molecule has 6 rings (SSSR count). The van der Waals surface area contributed by atoms with Crippen LogP contribution in [0.5, 0.6) is 0 Å². The van der Waals surface area contributed by atoms with Crippen LogP contribution in [0.4, 0.5) is 5.82 Å². The van der Waals surface area contributed by atoms with Crippen LogP contribution >= 0.6 is 11.6 Å². The van der Waals surface area contributed by atoms with Gasteiger partial charge in [-0.15, -0.1) is 0 Å². The number of hydrogen-bond donors (Lipinski definition) is 1. The van der Waals surface area contributed by atoms with Crippen molar-refractivity contribution in [2.75, 3.05) is 12.0 Å². The summed E-state index contributed by atoms with van der Waals surface area (Å²) in [6.45, 7) is 0. The lowest BCUT2D eigenvalue weighted by Gasteiger charge is -2.14. The van der Waals surface area contributed by atoms with Gasteiger partial charge in [-0.05, 0) is 36.4 Å². The van der Waals surface area contributed by atoms with Crippen molar-refractivity contribution in [3.05, 3.63) is 107 Å². The van der Waals surface area contributed by atoms with E-state index < -0.39 is 15.4 Å². The zero-order chi connectivity index (χ0) is 28.0. The van der Waals surface area contributed by atoms with Crippen molar-refractivity contribution in [3.63, 3.8) is 0 Å². The summed E-state index contributed by atoms with van der Waals surface area (Å²) in [4.78, 5) is 27.4. The highest BCUT2D eigenvalue weighted by molar-refractivity contribution is 7.90. The molecule has 40 heavy (non-hydrogen) atoms. The monoisotopic (exact) mass is 569 g/mol. The van der Waals surface area contributed by atoms with E-state index in [1.54, 1.807) is 66.9 Å². The van der Waals surface area contributed by atoms with Gasteiger partial charge >= 0.3 is 0 Å². The van der Waals surface area contributed by atoms with Gasteiger partial charge in [-0.3, -0.25) is 14.3 Å². The molecule has 0 saturated carbocycles. The third-order valence-corrected chi connectivity index (χ3v) is 7.46. The third kappa shape index (κ3) is 4.51. The quantitative estimate of drug-likeness (QED) is 0.323. The fraction of sp³-hybridized carbons (Fsp3) is 0.0357. The molecule has 0 aliphatic rings. The smallest absolute Gasteiger partial charge is 0.270 e. The molecule has 12 heteroatoms. The molecular formula is C28H20ClN7O3S. The van der Waals surface area contributed by atoms with Crippen molar-refractivity contribution < 1.29 is 8.42 Å². The molecule has 0 aliphatic heterocycles. The third-order valence-electron chi connectivity index (χ3n) is 6.22. The molecule has 0 amide bonds. The molecule has 0 bridgehead atoms. The Balaban J connectivity index is 1.66. The van der Waals surface area contributed by atoms with Gasteiger partial charge in [0.1, 0.15) is 17.0 Å². The number of sulfone groups is 1. The summed E-state index contributed by atoms with van der Waals surface area (Å²) < 4.78 is 28.3. The Morgan fingerprint density at radius 1 is 0.825 bits per heavy atom. The fourth-order valence-corrected chi connectivity index (χ4v) is 5.25. The van der Waals surface area contributed by atoms with E-state index in [9.17, 15) is 13.2 Å². The minimum absolute atomic E-state index is 0.112. The number of aromatic nitrogens is 6. The molecular weight excluding hydrogens is 550 g/mol. The first kappa shape index (κ1) is 25.4. The maximum Gasteiger partial charge on any atom is 0.270 e. The highest BCUT2D eigenvalue weighted by Crippen LogP contribution is 2.29. The summed E-state index contributed by atoms with van der Waals surface area (Å²) in [7, 11) is -3.89. The topological polar surface area (TPSA) is 139 Å². The predicted octanol–water partition coefficient (Wildman–Crippen LogP) is 4.33. The normalized spacial score (nSPS) is 11.7. The van der Waals surface area contributed by atoms with Crippen molar-refractivity contribution in [2.24, 2.45) is 0 Å². The molecule has 3 aromatic carbocycles. The Bertz CT molecular complexity index is 2040. The number of hydrogen-bond acceptors (Lipinski definition) is 8. The van der Waals surface area contributed by atoms with Gasteiger partial charge in [0.2, 0.25) is 0 Å². The Morgan fingerprint density at radius 2 is 1.50 bits per heavy atom. The number of anilines is 1. The van der Waals surface area contributed by atoms with Crippen molar-refractivity contribution in [3.8, 4) is 34.0 Å². The van der Waals surface area contributed by atoms with E-state index in [0.29, 0.717) is 33.5 Å². The lowest BCUT2D eigenvalue weighted by atomic mass is 10.1. The zero-order valence-corrected chi connectivity index (χ0v) is 22.5. The number of nitrogen functional groups attached to an aromatic ring is 1. The summed E-state index contributed by atoms with van der Waals surface area (Å²) in [5.74, 6) is 0.597. The molecule has 0 unspecified atom stereocenters. The highest BCUT2D eigenvalue weighted by Gasteiger charge is 2.27.